The van der Waals surface area contributed by atoms with Crippen molar-refractivity contribution in [3.8, 4) is 5.75 Å². The van der Waals surface area contributed by atoms with Crippen LogP contribution in [-0.2, 0) is 20.9 Å². The van der Waals surface area contributed by atoms with Gasteiger partial charge in [-0.1, -0.05) is 5.16 Å². The number of carbonyl (C=O) groups is 3. The molecule has 0 bridgehead atoms. The number of amides is 2. The third-order valence-corrected chi connectivity index (χ3v) is 4.92. The molecule has 2 amide bonds. The molecule has 0 spiro atoms. The molecule has 9 nitrogen and oxygen atoms in total. The molecule has 0 aliphatic heterocycles. The summed E-state index contributed by atoms with van der Waals surface area (Å²) in [7, 11) is 1.41. The highest BCUT2D eigenvalue weighted by atomic mass is 19.1. The van der Waals surface area contributed by atoms with Crippen molar-refractivity contribution in [1.29, 1.82) is 0 Å². The molecule has 178 valence electrons. The number of nitrogens with zero attached hydrogens (tertiary/aromatic N) is 2. The van der Waals surface area contributed by atoms with Gasteiger partial charge in [0.1, 0.15) is 23.9 Å². The number of aromatic nitrogens is 1. The van der Waals surface area contributed by atoms with Crippen molar-refractivity contribution in [2.45, 2.75) is 20.5 Å². The van der Waals surface area contributed by atoms with E-state index in [0.29, 0.717) is 17.2 Å². The number of esters is 1. The van der Waals surface area contributed by atoms with Gasteiger partial charge in [-0.2, -0.15) is 0 Å². The largest absolute Gasteiger partial charge is 0.489 e. The van der Waals surface area contributed by atoms with Crippen molar-refractivity contribution in [2.75, 3.05) is 25.5 Å². The van der Waals surface area contributed by atoms with Crippen LogP contribution >= 0.6 is 0 Å². The number of rotatable bonds is 9. The number of hydrogen-bond donors (Lipinski definition) is 1. The zero-order valence-electron chi connectivity index (χ0n) is 19.0. The summed E-state index contributed by atoms with van der Waals surface area (Å²) in [5.41, 5.74) is 2.25. The molecule has 0 atom stereocenters. The van der Waals surface area contributed by atoms with Crippen molar-refractivity contribution in [2.24, 2.45) is 0 Å². The number of hydrogen-bond acceptors (Lipinski definition) is 7. The minimum Gasteiger partial charge on any atom is -0.489 e. The Morgan fingerprint density at radius 2 is 1.74 bits per heavy atom. The fourth-order valence-electron chi connectivity index (χ4n) is 2.91. The van der Waals surface area contributed by atoms with E-state index in [4.69, 9.17) is 14.0 Å². The van der Waals surface area contributed by atoms with Crippen LogP contribution in [0, 0.1) is 19.7 Å². The first-order valence-corrected chi connectivity index (χ1v) is 10.3. The smallest absolute Gasteiger partial charge is 0.338 e. The number of aryl methyl sites for hydroxylation is 2. The molecule has 1 N–H and O–H groups in total. The molecule has 0 aliphatic carbocycles. The van der Waals surface area contributed by atoms with Gasteiger partial charge in [0, 0.05) is 12.7 Å². The molecule has 0 radical (unpaired) electrons. The summed E-state index contributed by atoms with van der Waals surface area (Å²) in [5, 5.41) is 6.42. The normalized spacial score (nSPS) is 10.5. The van der Waals surface area contributed by atoms with Crippen LogP contribution in [0.15, 0.2) is 53.1 Å². The third-order valence-electron chi connectivity index (χ3n) is 4.92. The van der Waals surface area contributed by atoms with Gasteiger partial charge in [-0.3, -0.25) is 9.59 Å². The Kier molecular flexibility index (Phi) is 7.96. The number of nitrogens with one attached hydrogen (secondary N) is 1. The molecule has 1 heterocycles. The van der Waals surface area contributed by atoms with E-state index in [1.165, 1.54) is 43.4 Å². The highest BCUT2D eigenvalue weighted by Crippen LogP contribution is 2.18. The van der Waals surface area contributed by atoms with E-state index in [-0.39, 0.29) is 18.7 Å². The predicted octanol–water partition coefficient (Wildman–Crippen LogP) is 3.26. The molecule has 0 aliphatic rings. The molecule has 10 heteroatoms. The summed E-state index contributed by atoms with van der Waals surface area (Å²) < 4.78 is 28.8. The summed E-state index contributed by atoms with van der Waals surface area (Å²) in [4.78, 5) is 37.6. The number of halogens is 1. The summed E-state index contributed by atoms with van der Waals surface area (Å²) in [6.45, 7) is 3.12. The maximum absolute atomic E-state index is 12.9. The van der Waals surface area contributed by atoms with Crippen LogP contribution in [0.2, 0.25) is 0 Å². The lowest BCUT2D eigenvalue weighted by Gasteiger charge is -2.17. The topological polar surface area (TPSA) is 111 Å². The maximum atomic E-state index is 12.9. The second-order valence-electron chi connectivity index (χ2n) is 7.50. The van der Waals surface area contributed by atoms with Gasteiger partial charge in [0.15, 0.2) is 6.61 Å². The molecular formula is C24H24FN3O6. The van der Waals surface area contributed by atoms with E-state index >= 15 is 0 Å². The number of carbonyl (C=O) groups excluding carboxylic acids is 3. The van der Waals surface area contributed by atoms with E-state index in [2.05, 4.69) is 10.5 Å². The van der Waals surface area contributed by atoms with Crippen LogP contribution < -0.4 is 10.1 Å². The first kappa shape index (κ1) is 24.4. The molecule has 0 saturated heterocycles. The van der Waals surface area contributed by atoms with Crippen molar-refractivity contribution < 1.29 is 32.8 Å². The van der Waals surface area contributed by atoms with Crippen LogP contribution in [0.25, 0.3) is 0 Å². The number of benzene rings is 2. The molecule has 0 unspecified atom stereocenters. The molecule has 0 fully saturated rings. The second-order valence-corrected chi connectivity index (χ2v) is 7.50. The van der Waals surface area contributed by atoms with E-state index in [9.17, 15) is 18.8 Å². The monoisotopic (exact) mass is 469 g/mol. The van der Waals surface area contributed by atoms with Gasteiger partial charge in [0.2, 0.25) is 5.91 Å². The first-order valence-electron chi connectivity index (χ1n) is 10.3. The lowest BCUT2D eigenvalue weighted by Crippen LogP contribution is -2.37. The molecular weight excluding hydrogens is 445 g/mol. The van der Waals surface area contributed by atoms with E-state index in [1.54, 1.807) is 19.1 Å². The van der Waals surface area contributed by atoms with Crippen LogP contribution in [0.3, 0.4) is 0 Å². The summed E-state index contributed by atoms with van der Waals surface area (Å²) in [6, 6.07) is 11.5. The van der Waals surface area contributed by atoms with Crippen LogP contribution in [0.5, 0.6) is 5.75 Å². The Hall–Kier alpha value is -4.21. The van der Waals surface area contributed by atoms with E-state index < -0.39 is 30.2 Å². The van der Waals surface area contributed by atoms with Gasteiger partial charge >= 0.3 is 5.97 Å². The average Bonchev–Trinajstić information content (AvgIpc) is 3.14. The van der Waals surface area contributed by atoms with Gasteiger partial charge < -0.3 is 24.2 Å². The van der Waals surface area contributed by atoms with Crippen molar-refractivity contribution >= 4 is 23.5 Å². The standard InChI is InChI=1S/C24H24FN3O6/c1-15-21(16(2)34-27-15)13-32-20-10-4-17(5-11-20)24(31)33-14-23(30)28(3)12-22(29)26-19-8-6-18(25)7-9-19/h4-11H,12-14H2,1-3H3,(H,26,29). The fraction of sp³-hybridized carbons (Fsp3) is 0.250. The molecule has 1 aromatic heterocycles. The number of ether oxygens (including phenoxy) is 2. The Labute approximate surface area is 195 Å². The number of likely N-dealkylation sites (N-methyl/N-ethyl adjacent to an activating group) is 1. The quantitative estimate of drug-likeness (QED) is 0.479. The Morgan fingerprint density at radius 3 is 2.35 bits per heavy atom. The van der Waals surface area contributed by atoms with Gasteiger partial charge in [0.05, 0.1) is 23.4 Å². The van der Waals surface area contributed by atoms with E-state index in [1.807, 2.05) is 6.92 Å². The fourth-order valence-corrected chi connectivity index (χ4v) is 2.91. The van der Waals surface area contributed by atoms with Crippen LogP contribution in [0.1, 0.15) is 27.4 Å². The van der Waals surface area contributed by atoms with Crippen LogP contribution in [0.4, 0.5) is 10.1 Å². The highest BCUT2D eigenvalue weighted by molar-refractivity contribution is 5.95. The average molecular weight is 469 g/mol. The molecule has 2 aromatic carbocycles. The minimum atomic E-state index is -0.685. The lowest BCUT2D eigenvalue weighted by atomic mass is 10.2. The van der Waals surface area contributed by atoms with Gasteiger partial charge in [0.25, 0.3) is 5.91 Å². The predicted molar refractivity (Wildman–Crippen MR) is 120 cm³/mol. The van der Waals surface area contributed by atoms with Gasteiger partial charge in [-0.05, 0) is 62.4 Å². The Balaban J connectivity index is 1.43. The summed E-state index contributed by atoms with van der Waals surface area (Å²) in [5.74, 6) is -0.913. The molecule has 3 aromatic rings. The van der Waals surface area contributed by atoms with Crippen molar-refractivity contribution in [3.63, 3.8) is 0 Å². The SMILES string of the molecule is Cc1noc(C)c1COc1ccc(C(=O)OCC(=O)N(C)CC(=O)Nc2ccc(F)cc2)cc1. The summed E-state index contributed by atoms with van der Waals surface area (Å²) in [6.07, 6.45) is 0. The Morgan fingerprint density at radius 1 is 1.06 bits per heavy atom. The van der Waals surface area contributed by atoms with E-state index in [0.717, 1.165) is 16.2 Å². The van der Waals surface area contributed by atoms with Gasteiger partial charge in [-0.15, -0.1) is 0 Å². The molecule has 3 rings (SSSR count). The zero-order chi connectivity index (χ0) is 24.7. The molecule has 34 heavy (non-hydrogen) atoms. The van der Waals surface area contributed by atoms with Crippen molar-refractivity contribution in [3.05, 3.63) is 76.9 Å². The zero-order valence-corrected chi connectivity index (χ0v) is 19.0. The third kappa shape index (κ3) is 6.64. The minimum absolute atomic E-state index is 0.245. The maximum Gasteiger partial charge on any atom is 0.338 e. The second kappa shape index (κ2) is 11.1. The lowest BCUT2D eigenvalue weighted by molar-refractivity contribution is -0.136. The van der Waals surface area contributed by atoms with Crippen LogP contribution in [-0.4, -0.2) is 48.0 Å². The van der Waals surface area contributed by atoms with Crippen molar-refractivity contribution in [1.82, 2.24) is 10.1 Å². The first-order chi connectivity index (χ1) is 16.2. The van der Waals surface area contributed by atoms with Gasteiger partial charge in [-0.25, -0.2) is 9.18 Å². The summed E-state index contributed by atoms with van der Waals surface area (Å²) >= 11 is 0. The Bertz CT molecular complexity index is 1140. The highest BCUT2D eigenvalue weighted by Gasteiger charge is 2.16. The number of anilines is 1. The molecule has 0 saturated carbocycles.